The lowest BCUT2D eigenvalue weighted by Crippen LogP contribution is -2.18. The Balaban J connectivity index is 2.43. The van der Waals surface area contributed by atoms with Crippen LogP contribution in [-0.4, -0.2) is 23.3 Å². The summed E-state index contributed by atoms with van der Waals surface area (Å²) in [5.41, 5.74) is -4.23. The van der Waals surface area contributed by atoms with E-state index in [9.17, 15) is 44.3 Å². The van der Waals surface area contributed by atoms with Gasteiger partial charge in [0.25, 0.3) is 6.43 Å². The number of carbonyl (C=O) groups excluding carboxylic acids is 1. The van der Waals surface area contributed by atoms with Gasteiger partial charge < -0.3 is 4.74 Å². The summed E-state index contributed by atoms with van der Waals surface area (Å²) < 4.78 is 119. The second-order valence-corrected chi connectivity index (χ2v) is 5.39. The van der Waals surface area contributed by atoms with Crippen molar-refractivity contribution in [3.63, 3.8) is 0 Å². The van der Waals surface area contributed by atoms with Crippen LogP contribution >= 0.6 is 0 Å². The van der Waals surface area contributed by atoms with Crippen molar-refractivity contribution in [1.82, 2.24) is 4.98 Å². The summed E-state index contributed by atoms with van der Waals surface area (Å²) >= 11 is 0. The van der Waals surface area contributed by atoms with Crippen LogP contribution in [0.2, 0.25) is 0 Å². The lowest BCUT2D eigenvalue weighted by atomic mass is 10.0. The lowest BCUT2D eigenvalue weighted by Gasteiger charge is -2.14. The Labute approximate surface area is 156 Å². The number of benzene rings is 1. The van der Waals surface area contributed by atoms with Crippen LogP contribution in [-0.2, 0) is 0 Å². The van der Waals surface area contributed by atoms with Crippen molar-refractivity contribution in [2.24, 2.45) is 0 Å². The first-order chi connectivity index (χ1) is 13.3. The third kappa shape index (κ3) is 5.96. The number of nitrogens with zero attached hydrogens (tertiary/aromatic N) is 1. The molecule has 0 fully saturated rings. The summed E-state index contributed by atoms with van der Waals surface area (Å²) in [6.45, 7) is 0. The van der Waals surface area contributed by atoms with E-state index >= 15 is 0 Å². The van der Waals surface area contributed by atoms with Crippen LogP contribution in [0.4, 0.5) is 39.5 Å². The fourth-order valence-electron chi connectivity index (χ4n) is 2.11. The highest BCUT2D eigenvalue weighted by Gasteiger charge is 2.38. The van der Waals surface area contributed by atoms with E-state index in [1.807, 2.05) is 0 Å². The highest BCUT2D eigenvalue weighted by atomic mass is 19.4. The topological polar surface area (TPSA) is 39.2 Å². The van der Waals surface area contributed by atoms with Crippen molar-refractivity contribution < 1.29 is 49.0 Å². The van der Waals surface area contributed by atoms with E-state index in [4.69, 9.17) is 0 Å². The van der Waals surface area contributed by atoms with Crippen molar-refractivity contribution in [1.29, 1.82) is 0 Å². The zero-order valence-electron chi connectivity index (χ0n) is 13.8. The first-order valence-corrected chi connectivity index (χ1v) is 7.41. The Hall–Kier alpha value is -3.05. The van der Waals surface area contributed by atoms with E-state index in [1.54, 1.807) is 0 Å². The number of halogens is 9. The standard InChI is InChI=1S/C17H8F9NO2/c18-12-5-9(29-17(24,25)26)2-3-10(12)11(16(21,22)23)6-14(28)13-4-1-8(7-27-13)15(19)20/h1-7,15H/b11-6-. The molecule has 3 nitrogen and oxygen atoms in total. The van der Waals surface area contributed by atoms with Crippen LogP contribution in [0.5, 0.6) is 5.75 Å². The molecule has 12 heteroatoms. The summed E-state index contributed by atoms with van der Waals surface area (Å²) in [5.74, 6) is -4.21. The van der Waals surface area contributed by atoms with Gasteiger partial charge in [0, 0.05) is 29.5 Å². The lowest BCUT2D eigenvalue weighted by molar-refractivity contribution is -0.274. The molecule has 1 aromatic carbocycles. The van der Waals surface area contributed by atoms with Crippen LogP contribution in [0.1, 0.15) is 28.0 Å². The molecule has 2 aromatic rings. The first kappa shape index (κ1) is 22.2. The second kappa shape index (κ2) is 8.13. The maximum absolute atomic E-state index is 14.0. The smallest absolute Gasteiger partial charge is 0.406 e. The van der Waals surface area contributed by atoms with Crippen molar-refractivity contribution in [2.45, 2.75) is 19.0 Å². The molecule has 0 aliphatic carbocycles. The number of aromatic nitrogens is 1. The van der Waals surface area contributed by atoms with Crippen molar-refractivity contribution >= 4 is 11.4 Å². The minimum absolute atomic E-state index is 0.0346. The number of allylic oxidation sites excluding steroid dienone is 2. The van der Waals surface area contributed by atoms with Gasteiger partial charge >= 0.3 is 12.5 Å². The monoisotopic (exact) mass is 429 g/mol. The van der Waals surface area contributed by atoms with Crippen LogP contribution in [0.15, 0.2) is 42.6 Å². The fraction of sp³-hybridized carbons (Fsp3) is 0.176. The van der Waals surface area contributed by atoms with E-state index in [0.29, 0.717) is 18.3 Å². The summed E-state index contributed by atoms with van der Waals surface area (Å²) in [7, 11) is 0. The minimum atomic E-state index is -5.27. The van der Waals surface area contributed by atoms with E-state index in [2.05, 4.69) is 9.72 Å². The molecule has 156 valence electrons. The quantitative estimate of drug-likeness (QED) is 0.338. The van der Waals surface area contributed by atoms with Gasteiger partial charge in [-0.05, 0) is 24.3 Å². The Morgan fingerprint density at radius 2 is 1.69 bits per heavy atom. The highest BCUT2D eigenvalue weighted by molar-refractivity contribution is 6.07. The number of pyridine rings is 1. The van der Waals surface area contributed by atoms with Crippen LogP contribution < -0.4 is 4.74 Å². The SMILES string of the molecule is O=C(/C=C(/c1ccc(OC(F)(F)F)cc1F)C(F)(F)F)c1ccc(C(F)F)cn1. The van der Waals surface area contributed by atoms with Gasteiger partial charge in [-0.25, -0.2) is 13.2 Å². The molecule has 0 radical (unpaired) electrons. The van der Waals surface area contributed by atoms with Gasteiger partial charge in [0.15, 0.2) is 0 Å². The zero-order valence-corrected chi connectivity index (χ0v) is 13.8. The third-order valence-electron chi connectivity index (χ3n) is 3.34. The largest absolute Gasteiger partial charge is 0.573 e. The summed E-state index contributed by atoms with van der Waals surface area (Å²) in [6.07, 6.45) is -12.8. The summed E-state index contributed by atoms with van der Waals surface area (Å²) in [4.78, 5) is 15.3. The van der Waals surface area contributed by atoms with Gasteiger partial charge in [0.1, 0.15) is 17.3 Å². The Kier molecular flexibility index (Phi) is 6.24. The average molecular weight is 429 g/mol. The van der Waals surface area contributed by atoms with Gasteiger partial charge in [-0.3, -0.25) is 9.78 Å². The predicted molar refractivity (Wildman–Crippen MR) is 80.6 cm³/mol. The summed E-state index contributed by atoms with van der Waals surface area (Å²) in [5, 5.41) is 0. The Morgan fingerprint density at radius 1 is 1.03 bits per heavy atom. The first-order valence-electron chi connectivity index (χ1n) is 7.41. The molecule has 0 amide bonds. The van der Waals surface area contributed by atoms with Crippen molar-refractivity contribution in [3.8, 4) is 5.75 Å². The number of alkyl halides is 8. The van der Waals surface area contributed by atoms with E-state index < -0.39 is 58.7 Å². The van der Waals surface area contributed by atoms with E-state index in [0.717, 1.165) is 12.1 Å². The molecule has 0 aliphatic heterocycles. The number of ketones is 1. The van der Waals surface area contributed by atoms with Gasteiger partial charge in [0.05, 0.1) is 5.57 Å². The van der Waals surface area contributed by atoms with Crippen molar-refractivity contribution in [2.75, 3.05) is 0 Å². The number of rotatable bonds is 5. The fourth-order valence-corrected chi connectivity index (χ4v) is 2.11. The molecule has 0 atom stereocenters. The zero-order chi connectivity index (χ0) is 22.0. The molecule has 29 heavy (non-hydrogen) atoms. The van der Waals surface area contributed by atoms with Crippen LogP contribution in [0, 0.1) is 5.82 Å². The Bertz CT molecular complexity index is 916. The third-order valence-corrected chi connectivity index (χ3v) is 3.34. The normalized spacial score (nSPS) is 13.0. The molecule has 0 saturated carbocycles. The predicted octanol–water partition coefficient (Wildman–Crippen LogP) is 5.89. The maximum atomic E-state index is 14.0. The van der Waals surface area contributed by atoms with Gasteiger partial charge in [-0.2, -0.15) is 13.2 Å². The highest BCUT2D eigenvalue weighted by Crippen LogP contribution is 2.37. The molecule has 0 spiro atoms. The number of hydrogen-bond acceptors (Lipinski definition) is 3. The molecular formula is C17H8F9NO2. The van der Waals surface area contributed by atoms with Gasteiger partial charge in [-0.15, -0.1) is 13.2 Å². The molecule has 2 rings (SSSR count). The maximum Gasteiger partial charge on any atom is 0.573 e. The summed E-state index contributed by atoms with van der Waals surface area (Å²) in [6, 6.07) is 2.39. The molecular weight excluding hydrogens is 421 g/mol. The molecule has 1 aromatic heterocycles. The average Bonchev–Trinajstić information content (AvgIpc) is 2.58. The Morgan fingerprint density at radius 3 is 2.14 bits per heavy atom. The molecule has 0 aliphatic rings. The number of ether oxygens (including phenoxy) is 1. The second-order valence-electron chi connectivity index (χ2n) is 5.39. The molecule has 0 bridgehead atoms. The number of carbonyl (C=O) groups is 1. The van der Waals surface area contributed by atoms with E-state index in [1.165, 1.54) is 0 Å². The molecule has 0 unspecified atom stereocenters. The molecule has 0 N–H and O–H groups in total. The molecule has 0 saturated heterocycles. The molecule has 1 heterocycles. The van der Waals surface area contributed by atoms with Gasteiger partial charge in [-0.1, -0.05) is 0 Å². The minimum Gasteiger partial charge on any atom is -0.406 e. The van der Waals surface area contributed by atoms with Gasteiger partial charge in [0.2, 0.25) is 5.78 Å². The van der Waals surface area contributed by atoms with E-state index in [-0.39, 0.29) is 12.1 Å². The number of hydrogen-bond donors (Lipinski definition) is 0. The van der Waals surface area contributed by atoms with Crippen molar-refractivity contribution in [3.05, 3.63) is 65.2 Å². The van der Waals surface area contributed by atoms with Crippen LogP contribution in [0.25, 0.3) is 5.57 Å². The van der Waals surface area contributed by atoms with Crippen LogP contribution in [0.3, 0.4) is 0 Å².